The monoisotopic (exact) mass is 676 g/mol. The highest BCUT2D eigenvalue weighted by Gasteiger charge is 2.27. The fraction of sp³-hybridized carbons (Fsp3) is 0.316. The lowest BCUT2D eigenvalue weighted by atomic mass is 9.90. The van der Waals surface area contributed by atoms with Crippen LogP contribution in [0, 0.1) is 0 Å². The lowest BCUT2D eigenvalue weighted by molar-refractivity contribution is 0.212. The maximum Gasteiger partial charge on any atom is 0.315 e. The second kappa shape index (κ2) is 19.9. The number of azo groups is 2. The molecule has 1 saturated carbocycles. The third-order valence-electron chi connectivity index (χ3n) is 7.90. The van der Waals surface area contributed by atoms with Crippen molar-refractivity contribution in [2.75, 3.05) is 26.3 Å². The first-order valence-electron chi connectivity index (χ1n) is 17.1. The fourth-order valence-corrected chi connectivity index (χ4v) is 5.28. The van der Waals surface area contributed by atoms with Crippen molar-refractivity contribution in [3.05, 3.63) is 109 Å². The molecule has 0 saturated heterocycles. The number of nitrogens with zero attached hydrogens (tertiary/aromatic N) is 4. The van der Waals surface area contributed by atoms with Gasteiger partial charge in [0.05, 0.1) is 48.0 Å². The summed E-state index contributed by atoms with van der Waals surface area (Å²) in [5.74, 6) is 1.45. The van der Waals surface area contributed by atoms with Crippen LogP contribution in [0.1, 0.15) is 38.5 Å². The lowest BCUT2D eigenvalue weighted by Crippen LogP contribution is -2.56. The average molecular weight is 677 g/mol. The van der Waals surface area contributed by atoms with Crippen molar-refractivity contribution in [2.45, 2.75) is 50.6 Å². The van der Waals surface area contributed by atoms with E-state index in [4.69, 9.17) is 9.47 Å². The average Bonchev–Trinajstić information content (AvgIpc) is 3.15. The molecule has 1 aliphatic carbocycles. The molecule has 0 heterocycles. The van der Waals surface area contributed by atoms with E-state index < -0.39 is 0 Å². The van der Waals surface area contributed by atoms with Gasteiger partial charge in [0.1, 0.15) is 11.5 Å². The molecule has 12 nitrogen and oxygen atoms in total. The first kappa shape index (κ1) is 35.5. The van der Waals surface area contributed by atoms with Crippen molar-refractivity contribution in [3.8, 4) is 11.5 Å². The number of carbonyl (C=O) groups is 2. The molecule has 5 rings (SSSR count). The zero-order chi connectivity index (χ0) is 34.6. The van der Waals surface area contributed by atoms with Gasteiger partial charge < -0.3 is 30.7 Å². The van der Waals surface area contributed by atoms with Gasteiger partial charge in [-0.15, -0.1) is 0 Å². The predicted octanol–water partition coefficient (Wildman–Crippen LogP) is 8.67. The van der Waals surface area contributed by atoms with Crippen LogP contribution in [0.2, 0.25) is 0 Å². The zero-order valence-electron chi connectivity index (χ0n) is 28.0. The normalized spacial score (nSPS) is 15.8. The Bertz CT molecular complexity index is 1530. The summed E-state index contributed by atoms with van der Waals surface area (Å²) in [7, 11) is 0. The van der Waals surface area contributed by atoms with Gasteiger partial charge in [-0.2, -0.15) is 20.5 Å². The number of hydrogen-bond donors (Lipinski definition) is 4. The van der Waals surface area contributed by atoms with Crippen molar-refractivity contribution < 1.29 is 19.1 Å². The molecule has 12 heteroatoms. The quantitative estimate of drug-likeness (QED) is 0.0694. The molecule has 1 fully saturated rings. The van der Waals surface area contributed by atoms with Crippen LogP contribution in [0.15, 0.2) is 130 Å². The Morgan fingerprint density at radius 3 is 1.26 bits per heavy atom. The Morgan fingerprint density at radius 1 is 0.520 bits per heavy atom. The number of amides is 4. The minimum atomic E-state index is -0.248. The summed E-state index contributed by atoms with van der Waals surface area (Å²) in [6.45, 7) is 1.84. The van der Waals surface area contributed by atoms with Gasteiger partial charge >= 0.3 is 12.1 Å². The van der Waals surface area contributed by atoms with E-state index in [-0.39, 0.29) is 24.1 Å². The molecular formula is C38H44N8O4. The smallest absolute Gasteiger partial charge is 0.315 e. The Kier molecular flexibility index (Phi) is 14.1. The van der Waals surface area contributed by atoms with Gasteiger partial charge in [-0.3, -0.25) is 0 Å². The minimum absolute atomic E-state index is 0.137. The summed E-state index contributed by atoms with van der Waals surface area (Å²) >= 11 is 0. The Balaban J connectivity index is 0.916. The molecule has 2 atom stereocenters. The third-order valence-corrected chi connectivity index (χ3v) is 7.90. The summed E-state index contributed by atoms with van der Waals surface area (Å²) in [5, 5.41) is 28.8. The second-order valence-electron chi connectivity index (χ2n) is 11.8. The molecule has 0 bridgehead atoms. The van der Waals surface area contributed by atoms with Crippen molar-refractivity contribution in [2.24, 2.45) is 20.5 Å². The molecule has 4 amide bonds. The van der Waals surface area contributed by atoms with Gasteiger partial charge in [-0.05, 0) is 98.5 Å². The number of carbonyl (C=O) groups excluding carboxylic acids is 2. The molecule has 0 spiro atoms. The molecular weight excluding hydrogens is 632 g/mol. The molecule has 50 heavy (non-hydrogen) atoms. The maximum atomic E-state index is 12.6. The number of benzene rings is 4. The lowest BCUT2D eigenvalue weighted by Gasteiger charge is -2.32. The molecule has 0 aliphatic heterocycles. The van der Waals surface area contributed by atoms with E-state index in [0.717, 1.165) is 59.9 Å². The zero-order valence-corrected chi connectivity index (χ0v) is 28.0. The van der Waals surface area contributed by atoms with Gasteiger partial charge in [0.25, 0.3) is 0 Å². The van der Waals surface area contributed by atoms with Crippen LogP contribution >= 0.6 is 0 Å². The minimum Gasteiger partial charge on any atom is -0.494 e. The molecule has 4 aromatic carbocycles. The van der Waals surface area contributed by atoms with E-state index in [1.807, 2.05) is 109 Å². The number of ether oxygens (including phenoxy) is 2. The van der Waals surface area contributed by atoms with E-state index in [0.29, 0.717) is 39.1 Å². The number of hydrogen-bond acceptors (Lipinski definition) is 8. The van der Waals surface area contributed by atoms with Gasteiger partial charge in [0, 0.05) is 13.1 Å². The number of urea groups is 2. The van der Waals surface area contributed by atoms with Crippen molar-refractivity contribution >= 4 is 34.8 Å². The molecule has 260 valence electrons. The second-order valence-corrected chi connectivity index (χ2v) is 11.8. The number of nitrogens with one attached hydrogen (secondary N) is 4. The largest absolute Gasteiger partial charge is 0.494 e. The van der Waals surface area contributed by atoms with Crippen LogP contribution in [0.5, 0.6) is 11.5 Å². The van der Waals surface area contributed by atoms with Crippen molar-refractivity contribution in [3.63, 3.8) is 0 Å². The molecule has 4 N–H and O–H groups in total. The van der Waals surface area contributed by atoms with Crippen LogP contribution in [0.25, 0.3) is 0 Å². The van der Waals surface area contributed by atoms with E-state index >= 15 is 0 Å². The molecule has 0 unspecified atom stereocenters. The summed E-state index contributed by atoms with van der Waals surface area (Å²) in [6, 6.07) is 33.1. The van der Waals surface area contributed by atoms with Crippen LogP contribution in [-0.4, -0.2) is 50.4 Å². The molecule has 0 aromatic heterocycles. The SMILES string of the molecule is O=C(NCCCOc1ccc(N=Nc2ccccc2)cc1)N[C@@H]1CCCC[C@H]1NC(=O)NCCCOc1ccc(N=Nc2ccccc2)cc1. The highest BCUT2D eigenvalue weighted by atomic mass is 16.5. The van der Waals surface area contributed by atoms with Gasteiger partial charge in [0.2, 0.25) is 0 Å². The van der Waals surface area contributed by atoms with Crippen LogP contribution < -0.4 is 30.7 Å². The van der Waals surface area contributed by atoms with Gasteiger partial charge in [-0.1, -0.05) is 49.2 Å². The fourth-order valence-electron chi connectivity index (χ4n) is 5.28. The van der Waals surface area contributed by atoms with Crippen LogP contribution in [0.4, 0.5) is 32.3 Å². The Morgan fingerprint density at radius 2 is 0.880 bits per heavy atom. The summed E-state index contributed by atoms with van der Waals surface area (Å²) in [6.07, 6.45) is 4.91. The van der Waals surface area contributed by atoms with Gasteiger partial charge in [-0.25, -0.2) is 9.59 Å². The van der Waals surface area contributed by atoms with E-state index in [2.05, 4.69) is 41.7 Å². The van der Waals surface area contributed by atoms with Crippen LogP contribution in [0.3, 0.4) is 0 Å². The summed E-state index contributed by atoms with van der Waals surface area (Å²) in [5.41, 5.74) is 3.06. The molecule has 1 aliphatic rings. The third kappa shape index (κ3) is 12.7. The summed E-state index contributed by atoms with van der Waals surface area (Å²) in [4.78, 5) is 25.2. The van der Waals surface area contributed by atoms with Crippen LogP contribution in [-0.2, 0) is 0 Å². The molecule has 4 aromatic rings. The van der Waals surface area contributed by atoms with E-state index in [1.54, 1.807) is 0 Å². The van der Waals surface area contributed by atoms with Crippen molar-refractivity contribution in [1.82, 2.24) is 21.3 Å². The highest BCUT2D eigenvalue weighted by molar-refractivity contribution is 5.76. The first-order chi connectivity index (χ1) is 24.6. The summed E-state index contributed by atoms with van der Waals surface area (Å²) < 4.78 is 11.6. The van der Waals surface area contributed by atoms with Gasteiger partial charge in [0.15, 0.2) is 0 Å². The Labute approximate surface area is 292 Å². The maximum absolute atomic E-state index is 12.6. The Hall–Kier alpha value is -5.78. The standard InChI is InChI=1S/C38H44N8O4/c47-37(39-25-9-27-49-33-21-17-31(18-22-33)45-43-29-11-3-1-4-12-29)41-35-15-7-8-16-36(35)42-38(48)40-26-10-28-50-34-23-19-32(20-24-34)46-44-30-13-5-2-6-14-30/h1-6,11-14,17-24,35-36H,7-10,15-16,25-28H2,(H2,39,41,47)(H2,40,42,48)/t35-,36-/m1/s1. The van der Waals surface area contributed by atoms with Crippen molar-refractivity contribution in [1.29, 1.82) is 0 Å². The number of rotatable bonds is 16. The molecule has 0 radical (unpaired) electrons. The van der Waals surface area contributed by atoms with E-state index in [1.165, 1.54) is 0 Å². The topological polar surface area (TPSA) is 150 Å². The first-order valence-corrected chi connectivity index (χ1v) is 17.1. The highest BCUT2D eigenvalue weighted by Crippen LogP contribution is 2.23. The van der Waals surface area contributed by atoms with E-state index in [9.17, 15) is 9.59 Å². The predicted molar refractivity (Wildman–Crippen MR) is 193 cm³/mol.